The minimum absolute atomic E-state index is 0.166. The van der Waals surface area contributed by atoms with Crippen molar-refractivity contribution >= 4 is 17.3 Å². The van der Waals surface area contributed by atoms with E-state index in [1.807, 2.05) is 18.2 Å². The van der Waals surface area contributed by atoms with E-state index in [1.165, 1.54) is 24.9 Å². The Labute approximate surface area is 136 Å². The summed E-state index contributed by atoms with van der Waals surface area (Å²) in [7, 11) is 0. The molecule has 1 heterocycles. The Kier molecular flexibility index (Phi) is 4.58. The number of nitriles is 1. The largest absolute Gasteiger partial charge is 0.372 e. The molecule has 1 fully saturated rings. The summed E-state index contributed by atoms with van der Waals surface area (Å²) in [6.45, 7) is 2.22. The third kappa shape index (κ3) is 3.70. The molecule has 0 atom stereocenters. The zero-order chi connectivity index (χ0) is 16.1. The standard InChI is InChI=1S/C19H19N3O/c20-14-15-4-6-16(7-5-15)19(23)21-17-8-10-18(11-9-17)22-12-2-1-3-13-22/h4-11H,1-3,12-13H2,(H,21,23). The van der Waals surface area contributed by atoms with Crippen molar-refractivity contribution in [1.29, 1.82) is 5.26 Å². The maximum absolute atomic E-state index is 12.2. The van der Waals surface area contributed by atoms with Gasteiger partial charge < -0.3 is 10.2 Å². The van der Waals surface area contributed by atoms with E-state index in [9.17, 15) is 4.79 Å². The number of hydrogen-bond donors (Lipinski definition) is 1. The minimum atomic E-state index is -0.166. The molecule has 0 saturated carbocycles. The van der Waals surface area contributed by atoms with Crippen LogP contribution in [0, 0.1) is 11.3 Å². The molecule has 23 heavy (non-hydrogen) atoms. The molecule has 2 aromatic carbocycles. The van der Waals surface area contributed by atoms with Gasteiger partial charge in [0, 0.05) is 30.0 Å². The van der Waals surface area contributed by atoms with Crippen molar-refractivity contribution in [2.24, 2.45) is 0 Å². The van der Waals surface area contributed by atoms with Gasteiger partial charge in [0.05, 0.1) is 11.6 Å². The summed E-state index contributed by atoms with van der Waals surface area (Å²) in [5, 5.41) is 11.7. The SMILES string of the molecule is N#Cc1ccc(C(=O)Nc2ccc(N3CCCCC3)cc2)cc1. The van der Waals surface area contributed by atoms with Crippen LogP contribution in [-0.2, 0) is 0 Å². The second-order valence-electron chi connectivity index (χ2n) is 5.74. The Bertz CT molecular complexity index is 708. The molecule has 0 spiro atoms. The molecule has 1 aliphatic heterocycles. The highest BCUT2D eigenvalue weighted by atomic mass is 16.1. The molecule has 0 unspecified atom stereocenters. The van der Waals surface area contributed by atoms with Gasteiger partial charge >= 0.3 is 0 Å². The Morgan fingerprint density at radius 3 is 2.22 bits per heavy atom. The first-order valence-electron chi connectivity index (χ1n) is 7.93. The summed E-state index contributed by atoms with van der Waals surface area (Å²) in [5.41, 5.74) is 3.08. The van der Waals surface area contributed by atoms with Gasteiger partial charge in [-0.25, -0.2) is 0 Å². The number of anilines is 2. The normalized spacial score (nSPS) is 14.1. The highest BCUT2D eigenvalue weighted by Crippen LogP contribution is 2.22. The van der Waals surface area contributed by atoms with Crippen molar-refractivity contribution < 1.29 is 4.79 Å². The quantitative estimate of drug-likeness (QED) is 0.938. The molecule has 0 bridgehead atoms. The Hall–Kier alpha value is -2.80. The maximum atomic E-state index is 12.2. The van der Waals surface area contributed by atoms with E-state index >= 15 is 0 Å². The van der Waals surface area contributed by atoms with Crippen LogP contribution in [0.5, 0.6) is 0 Å². The van der Waals surface area contributed by atoms with E-state index in [0.29, 0.717) is 11.1 Å². The lowest BCUT2D eigenvalue weighted by molar-refractivity contribution is 0.102. The van der Waals surface area contributed by atoms with E-state index in [1.54, 1.807) is 24.3 Å². The van der Waals surface area contributed by atoms with Crippen LogP contribution in [0.2, 0.25) is 0 Å². The number of carbonyl (C=O) groups excluding carboxylic acids is 1. The molecule has 0 aromatic heterocycles. The lowest BCUT2D eigenvalue weighted by Crippen LogP contribution is -2.29. The Morgan fingerprint density at radius 1 is 0.957 bits per heavy atom. The van der Waals surface area contributed by atoms with Crippen molar-refractivity contribution in [2.45, 2.75) is 19.3 Å². The number of rotatable bonds is 3. The fourth-order valence-electron chi connectivity index (χ4n) is 2.81. The number of hydrogen-bond acceptors (Lipinski definition) is 3. The highest BCUT2D eigenvalue weighted by Gasteiger charge is 2.11. The number of carbonyl (C=O) groups is 1. The van der Waals surface area contributed by atoms with Gasteiger partial charge in [-0.2, -0.15) is 5.26 Å². The van der Waals surface area contributed by atoms with Crippen LogP contribution in [0.4, 0.5) is 11.4 Å². The van der Waals surface area contributed by atoms with Crippen molar-refractivity contribution in [1.82, 2.24) is 0 Å². The van der Waals surface area contributed by atoms with Crippen LogP contribution in [0.15, 0.2) is 48.5 Å². The van der Waals surface area contributed by atoms with Crippen LogP contribution in [0.3, 0.4) is 0 Å². The molecule has 0 radical (unpaired) electrons. The fourth-order valence-corrected chi connectivity index (χ4v) is 2.81. The molecule has 1 amide bonds. The number of nitrogens with one attached hydrogen (secondary N) is 1. The summed E-state index contributed by atoms with van der Waals surface area (Å²) >= 11 is 0. The van der Waals surface area contributed by atoms with Crippen LogP contribution in [0.1, 0.15) is 35.2 Å². The molecule has 2 aromatic rings. The Balaban J connectivity index is 1.65. The first kappa shape index (κ1) is 15.1. The molecular weight excluding hydrogens is 286 g/mol. The van der Waals surface area contributed by atoms with Gasteiger partial charge in [0.15, 0.2) is 0 Å². The molecule has 4 heteroatoms. The third-order valence-corrected chi connectivity index (χ3v) is 4.12. The van der Waals surface area contributed by atoms with E-state index < -0.39 is 0 Å². The van der Waals surface area contributed by atoms with Gasteiger partial charge in [0.25, 0.3) is 5.91 Å². The zero-order valence-corrected chi connectivity index (χ0v) is 13.0. The van der Waals surface area contributed by atoms with Gasteiger partial charge in [0.2, 0.25) is 0 Å². The van der Waals surface area contributed by atoms with E-state index in [2.05, 4.69) is 22.3 Å². The zero-order valence-electron chi connectivity index (χ0n) is 13.0. The number of benzene rings is 2. The number of amides is 1. The van der Waals surface area contributed by atoms with Gasteiger partial charge in [0.1, 0.15) is 0 Å². The second kappa shape index (κ2) is 6.97. The summed E-state index contributed by atoms with van der Waals surface area (Å²) in [6.07, 6.45) is 3.81. The van der Waals surface area contributed by atoms with Gasteiger partial charge in [-0.1, -0.05) is 0 Å². The first-order valence-corrected chi connectivity index (χ1v) is 7.93. The summed E-state index contributed by atoms with van der Waals surface area (Å²) in [4.78, 5) is 14.6. The number of piperidine rings is 1. The second-order valence-corrected chi connectivity index (χ2v) is 5.74. The Morgan fingerprint density at radius 2 is 1.61 bits per heavy atom. The molecule has 116 valence electrons. The predicted molar refractivity (Wildman–Crippen MR) is 91.6 cm³/mol. The monoisotopic (exact) mass is 305 g/mol. The first-order chi connectivity index (χ1) is 11.3. The summed E-state index contributed by atoms with van der Waals surface area (Å²) in [6, 6.07) is 16.6. The smallest absolute Gasteiger partial charge is 0.255 e. The van der Waals surface area contributed by atoms with Crippen molar-refractivity contribution in [3.05, 3.63) is 59.7 Å². The van der Waals surface area contributed by atoms with Crippen molar-refractivity contribution in [3.63, 3.8) is 0 Å². The van der Waals surface area contributed by atoms with Gasteiger partial charge in [-0.15, -0.1) is 0 Å². The molecule has 1 saturated heterocycles. The van der Waals surface area contributed by atoms with Crippen LogP contribution < -0.4 is 10.2 Å². The highest BCUT2D eigenvalue weighted by molar-refractivity contribution is 6.04. The lowest BCUT2D eigenvalue weighted by atomic mass is 10.1. The average Bonchev–Trinajstić information content (AvgIpc) is 2.63. The van der Waals surface area contributed by atoms with Crippen LogP contribution >= 0.6 is 0 Å². The summed E-state index contributed by atoms with van der Waals surface area (Å²) in [5.74, 6) is -0.166. The molecule has 0 aliphatic carbocycles. The van der Waals surface area contributed by atoms with E-state index in [4.69, 9.17) is 5.26 Å². The molecule has 1 N–H and O–H groups in total. The summed E-state index contributed by atoms with van der Waals surface area (Å²) < 4.78 is 0. The molecule has 1 aliphatic rings. The van der Waals surface area contributed by atoms with E-state index in [-0.39, 0.29) is 5.91 Å². The molecule has 3 rings (SSSR count). The molecule has 4 nitrogen and oxygen atoms in total. The van der Waals surface area contributed by atoms with E-state index in [0.717, 1.165) is 18.8 Å². The topological polar surface area (TPSA) is 56.1 Å². The lowest BCUT2D eigenvalue weighted by Gasteiger charge is -2.28. The fraction of sp³-hybridized carbons (Fsp3) is 0.263. The molecular formula is C19H19N3O. The predicted octanol–water partition coefficient (Wildman–Crippen LogP) is 3.80. The number of nitrogens with zero attached hydrogens (tertiary/aromatic N) is 2. The maximum Gasteiger partial charge on any atom is 0.255 e. The average molecular weight is 305 g/mol. The van der Waals surface area contributed by atoms with Crippen molar-refractivity contribution in [3.8, 4) is 6.07 Å². The van der Waals surface area contributed by atoms with Crippen molar-refractivity contribution in [2.75, 3.05) is 23.3 Å². The minimum Gasteiger partial charge on any atom is -0.372 e. The van der Waals surface area contributed by atoms with Crippen LogP contribution in [-0.4, -0.2) is 19.0 Å². The van der Waals surface area contributed by atoms with Gasteiger partial charge in [-0.05, 0) is 67.8 Å². The third-order valence-electron chi connectivity index (χ3n) is 4.12. The van der Waals surface area contributed by atoms with Crippen LogP contribution in [0.25, 0.3) is 0 Å². The van der Waals surface area contributed by atoms with Gasteiger partial charge in [-0.3, -0.25) is 4.79 Å².